The second-order valence-corrected chi connectivity index (χ2v) is 7.45. The number of carbonyl (C=O) groups is 2. The zero-order chi connectivity index (χ0) is 19.2. The molecular formula is C16H24N2O6S. The van der Waals surface area contributed by atoms with E-state index in [1.54, 1.807) is 26.0 Å². The van der Waals surface area contributed by atoms with Gasteiger partial charge in [-0.05, 0) is 31.9 Å². The van der Waals surface area contributed by atoms with Gasteiger partial charge in [0.05, 0.1) is 11.4 Å². The Morgan fingerprint density at radius 1 is 1.20 bits per heavy atom. The van der Waals surface area contributed by atoms with E-state index in [9.17, 15) is 18.0 Å². The standard InChI is InChI=1S/C16H24N2O6S/c1-10-7-11(2)15(12(3)8-10)25(22,23)18-6-5-14(19)17-9-13(24-4)16(20)21/h7-8,13,18H,5-6,9H2,1-4H3,(H,17,19)(H,20,21). The number of aliphatic carboxylic acids is 1. The van der Waals surface area contributed by atoms with E-state index in [0.717, 1.165) is 5.56 Å². The predicted octanol–water partition coefficient (Wildman–Crippen LogP) is 0.496. The Hall–Kier alpha value is -1.97. The van der Waals surface area contributed by atoms with Crippen LogP contribution in [0.2, 0.25) is 0 Å². The van der Waals surface area contributed by atoms with Crippen LogP contribution < -0.4 is 10.0 Å². The van der Waals surface area contributed by atoms with Crippen LogP contribution in [0.25, 0.3) is 0 Å². The zero-order valence-corrected chi connectivity index (χ0v) is 15.6. The molecular weight excluding hydrogens is 348 g/mol. The van der Waals surface area contributed by atoms with Crippen molar-refractivity contribution in [2.24, 2.45) is 0 Å². The molecule has 9 heteroatoms. The van der Waals surface area contributed by atoms with Gasteiger partial charge in [0.1, 0.15) is 0 Å². The summed E-state index contributed by atoms with van der Waals surface area (Å²) in [4.78, 5) is 22.7. The first-order chi connectivity index (χ1) is 11.6. The Morgan fingerprint density at radius 3 is 2.24 bits per heavy atom. The van der Waals surface area contributed by atoms with E-state index >= 15 is 0 Å². The minimum atomic E-state index is -3.73. The molecule has 1 rings (SSSR count). The third kappa shape index (κ3) is 6.11. The molecule has 3 N–H and O–H groups in total. The van der Waals surface area contributed by atoms with Crippen LogP contribution >= 0.6 is 0 Å². The maximum absolute atomic E-state index is 12.4. The second-order valence-electron chi connectivity index (χ2n) is 5.74. The number of carbonyl (C=O) groups excluding carboxylic acids is 1. The van der Waals surface area contributed by atoms with E-state index in [1.807, 2.05) is 6.92 Å². The van der Waals surface area contributed by atoms with Crippen LogP contribution in [0.3, 0.4) is 0 Å². The second kappa shape index (κ2) is 8.93. The number of aryl methyl sites for hydroxylation is 3. The summed E-state index contributed by atoms with van der Waals surface area (Å²) >= 11 is 0. The minimum absolute atomic E-state index is 0.0916. The molecule has 0 spiro atoms. The number of sulfonamides is 1. The number of methoxy groups -OCH3 is 1. The van der Waals surface area contributed by atoms with Crippen LogP contribution in [0.1, 0.15) is 23.1 Å². The van der Waals surface area contributed by atoms with Crippen molar-refractivity contribution in [1.29, 1.82) is 0 Å². The molecule has 0 saturated carbocycles. The van der Waals surface area contributed by atoms with E-state index in [0.29, 0.717) is 11.1 Å². The summed E-state index contributed by atoms with van der Waals surface area (Å²) < 4.78 is 31.9. The van der Waals surface area contributed by atoms with Crippen molar-refractivity contribution < 1.29 is 27.9 Å². The molecule has 1 aromatic carbocycles. The summed E-state index contributed by atoms with van der Waals surface area (Å²) in [6.45, 7) is 5.05. The number of carboxylic acid groups (broad SMARTS) is 1. The van der Waals surface area contributed by atoms with Gasteiger partial charge in [-0.25, -0.2) is 17.9 Å². The third-order valence-corrected chi connectivity index (χ3v) is 5.33. The van der Waals surface area contributed by atoms with Crippen molar-refractivity contribution in [2.75, 3.05) is 20.2 Å². The molecule has 0 aliphatic heterocycles. The van der Waals surface area contributed by atoms with Gasteiger partial charge in [0.2, 0.25) is 15.9 Å². The average molecular weight is 372 g/mol. The summed E-state index contributed by atoms with van der Waals surface area (Å²) in [6, 6.07) is 3.57. The third-order valence-electron chi connectivity index (χ3n) is 3.56. The van der Waals surface area contributed by atoms with Crippen molar-refractivity contribution >= 4 is 21.9 Å². The number of rotatable bonds is 9. The van der Waals surface area contributed by atoms with E-state index in [1.165, 1.54) is 7.11 Å². The molecule has 0 heterocycles. The summed E-state index contributed by atoms with van der Waals surface area (Å²) in [6.07, 6.45) is -1.25. The lowest BCUT2D eigenvalue weighted by Crippen LogP contribution is -2.39. The Kier molecular flexibility index (Phi) is 7.53. The molecule has 0 aromatic heterocycles. The van der Waals surface area contributed by atoms with Crippen LogP contribution in [-0.2, 0) is 24.3 Å². The maximum atomic E-state index is 12.4. The van der Waals surface area contributed by atoms with Gasteiger partial charge in [-0.1, -0.05) is 17.7 Å². The molecule has 0 fully saturated rings. The van der Waals surface area contributed by atoms with Gasteiger partial charge >= 0.3 is 5.97 Å². The van der Waals surface area contributed by atoms with Gasteiger partial charge < -0.3 is 15.2 Å². The minimum Gasteiger partial charge on any atom is -0.479 e. The van der Waals surface area contributed by atoms with Gasteiger partial charge in [0, 0.05) is 20.1 Å². The molecule has 0 radical (unpaired) electrons. The van der Waals surface area contributed by atoms with Crippen LogP contribution in [-0.4, -0.2) is 51.7 Å². The Balaban J connectivity index is 2.61. The van der Waals surface area contributed by atoms with Gasteiger partial charge in [-0.15, -0.1) is 0 Å². The lowest BCUT2D eigenvalue weighted by molar-refractivity contribution is -0.148. The number of carboxylic acids is 1. The lowest BCUT2D eigenvalue weighted by Gasteiger charge is -2.14. The first kappa shape index (κ1) is 21.1. The molecule has 0 aliphatic carbocycles. The van der Waals surface area contributed by atoms with Crippen LogP contribution in [0.4, 0.5) is 0 Å². The van der Waals surface area contributed by atoms with Crippen LogP contribution in [0.5, 0.6) is 0 Å². The number of benzene rings is 1. The van der Waals surface area contributed by atoms with Crippen LogP contribution in [0, 0.1) is 20.8 Å². The molecule has 0 bridgehead atoms. The van der Waals surface area contributed by atoms with Crippen molar-refractivity contribution in [3.63, 3.8) is 0 Å². The number of hydrogen-bond donors (Lipinski definition) is 3. The first-order valence-corrected chi connectivity index (χ1v) is 9.16. The van der Waals surface area contributed by atoms with Crippen molar-refractivity contribution in [3.8, 4) is 0 Å². The average Bonchev–Trinajstić information content (AvgIpc) is 2.45. The first-order valence-electron chi connectivity index (χ1n) is 7.68. The fourth-order valence-corrected chi connectivity index (χ4v) is 4.01. The van der Waals surface area contributed by atoms with Gasteiger partial charge in [-0.3, -0.25) is 4.79 Å². The number of hydrogen-bond acceptors (Lipinski definition) is 5. The van der Waals surface area contributed by atoms with E-state index < -0.39 is 28.0 Å². The number of amides is 1. The Labute approximate surface area is 147 Å². The highest BCUT2D eigenvalue weighted by Crippen LogP contribution is 2.21. The smallest absolute Gasteiger partial charge is 0.334 e. The van der Waals surface area contributed by atoms with E-state index in [4.69, 9.17) is 5.11 Å². The number of ether oxygens (including phenoxy) is 1. The zero-order valence-electron chi connectivity index (χ0n) is 14.8. The SMILES string of the molecule is COC(CNC(=O)CCNS(=O)(=O)c1c(C)cc(C)cc1C)C(=O)O. The predicted molar refractivity (Wildman–Crippen MR) is 91.9 cm³/mol. The van der Waals surface area contributed by atoms with E-state index in [-0.39, 0.29) is 24.4 Å². The lowest BCUT2D eigenvalue weighted by atomic mass is 10.1. The monoisotopic (exact) mass is 372 g/mol. The summed E-state index contributed by atoms with van der Waals surface area (Å²) in [5.74, 6) is -1.66. The molecule has 1 unspecified atom stereocenters. The molecule has 8 nitrogen and oxygen atoms in total. The molecule has 25 heavy (non-hydrogen) atoms. The topological polar surface area (TPSA) is 122 Å². The fourth-order valence-electron chi connectivity index (χ4n) is 2.53. The quantitative estimate of drug-likeness (QED) is 0.580. The van der Waals surface area contributed by atoms with Gasteiger partial charge in [-0.2, -0.15) is 0 Å². The van der Waals surface area contributed by atoms with Crippen LogP contribution in [0.15, 0.2) is 17.0 Å². The van der Waals surface area contributed by atoms with Gasteiger partial charge in [0.15, 0.2) is 6.10 Å². The van der Waals surface area contributed by atoms with Gasteiger partial charge in [0.25, 0.3) is 0 Å². The largest absolute Gasteiger partial charge is 0.479 e. The Morgan fingerprint density at radius 2 is 1.76 bits per heavy atom. The van der Waals surface area contributed by atoms with Crippen molar-refractivity contribution in [3.05, 3.63) is 28.8 Å². The summed E-state index contributed by atoms with van der Waals surface area (Å²) in [7, 11) is -2.50. The molecule has 1 aromatic rings. The fraction of sp³-hybridized carbons (Fsp3) is 0.500. The molecule has 1 atom stereocenters. The molecule has 0 aliphatic rings. The highest BCUT2D eigenvalue weighted by Gasteiger charge is 2.20. The number of nitrogens with one attached hydrogen (secondary N) is 2. The normalized spacial score (nSPS) is 12.6. The van der Waals surface area contributed by atoms with Crippen molar-refractivity contribution in [2.45, 2.75) is 38.2 Å². The Bertz CT molecular complexity index is 722. The summed E-state index contributed by atoms with van der Waals surface area (Å²) in [5.41, 5.74) is 2.25. The van der Waals surface area contributed by atoms with Crippen molar-refractivity contribution in [1.82, 2.24) is 10.0 Å². The molecule has 0 saturated heterocycles. The maximum Gasteiger partial charge on any atom is 0.334 e. The van der Waals surface area contributed by atoms with E-state index in [2.05, 4.69) is 14.8 Å². The molecule has 140 valence electrons. The summed E-state index contributed by atoms with van der Waals surface area (Å²) in [5, 5.41) is 11.2. The highest BCUT2D eigenvalue weighted by atomic mass is 32.2. The highest BCUT2D eigenvalue weighted by molar-refractivity contribution is 7.89. The molecule has 1 amide bonds.